The van der Waals surface area contributed by atoms with Gasteiger partial charge in [0.15, 0.2) is 0 Å². The maximum atomic E-state index is 6.15. The molecule has 0 aliphatic heterocycles. The summed E-state index contributed by atoms with van der Waals surface area (Å²) in [4.78, 5) is 4.33. The number of aryl methyl sites for hydroxylation is 2. The van der Waals surface area contributed by atoms with Crippen LogP contribution in [0.2, 0.25) is 5.02 Å². The van der Waals surface area contributed by atoms with Gasteiger partial charge in [0.05, 0.1) is 12.3 Å². The topological polar surface area (TPSA) is 54.0 Å². The van der Waals surface area contributed by atoms with Crippen LogP contribution in [0.15, 0.2) is 69.2 Å². The molecule has 0 saturated heterocycles. The van der Waals surface area contributed by atoms with Crippen LogP contribution in [-0.2, 0) is 6.54 Å². The quantitative estimate of drug-likeness (QED) is 0.159. The van der Waals surface area contributed by atoms with Crippen molar-refractivity contribution in [2.45, 2.75) is 34.2 Å². The molecule has 3 rings (SSSR count). The van der Waals surface area contributed by atoms with Crippen LogP contribution in [0, 0.1) is 45.4 Å². The molecule has 7 heteroatoms. The van der Waals surface area contributed by atoms with Gasteiger partial charge in [-0.25, -0.2) is 0 Å². The first-order valence-corrected chi connectivity index (χ1v) is 13.3. The molecule has 175 valence electrons. The van der Waals surface area contributed by atoms with Crippen LogP contribution in [0.4, 0.5) is 0 Å². The first-order chi connectivity index (χ1) is 16.3. The molecule has 0 aliphatic rings. The minimum atomic E-state index is 0.546. The number of hydrazone groups is 1. The van der Waals surface area contributed by atoms with Gasteiger partial charge in [-0.1, -0.05) is 58.7 Å². The SMILES string of the molecule is CN=C/C(=C(\C(C)=N\N(C)Cc1cc(C)on1)c1ccc(Cl)cc1)c1ccc(C)cc1.C[C]#[U]. The second-order valence-electron chi connectivity index (χ2n) is 7.73. The van der Waals surface area contributed by atoms with Gasteiger partial charge in [0.2, 0.25) is 0 Å². The van der Waals surface area contributed by atoms with Crippen molar-refractivity contribution >= 4 is 34.7 Å². The number of hydrogen-bond donors (Lipinski definition) is 0. The zero-order valence-corrected chi connectivity index (χ0v) is 25.5. The summed E-state index contributed by atoms with van der Waals surface area (Å²) >= 11 is 7.11. The van der Waals surface area contributed by atoms with Crippen LogP contribution in [0.25, 0.3) is 11.1 Å². The number of aliphatic imine (C=N–C) groups is 1. The van der Waals surface area contributed by atoms with E-state index < -0.39 is 0 Å². The molecule has 0 spiro atoms. The normalized spacial score (nSPS) is 12.1. The molecule has 2 aromatic carbocycles. The number of rotatable bonds is 7. The maximum absolute atomic E-state index is 6.15. The van der Waals surface area contributed by atoms with Crippen molar-refractivity contribution in [3.8, 4) is 2.82 Å². The molecule has 34 heavy (non-hydrogen) atoms. The fourth-order valence-electron chi connectivity index (χ4n) is 3.39. The number of allylic oxidation sites excluding steroid dienone is 2. The molecule has 0 bridgehead atoms. The molecular formula is C27H30ClN4OU. The van der Waals surface area contributed by atoms with E-state index in [0.29, 0.717) is 11.6 Å². The fourth-order valence-corrected chi connectivity index (χ4v) is 3.52. The molecule has 0 aliphatic carbocycles. The Morgan fingerprint density at radius 3 is 2.24 bits per heavy atom. The standard InChI is InChI=1S/C25H27ClN4O.C2H3.U/c1-17-6-8-20(9-7-17)24(15-27-4)25(21-10-12-22(26)13-11-21)19(3)28-30(5)16-23-14-18(2)31-29-23;1-2;/h6-15H,16H2,1-5H3;1H3;/b25-24-,27-15?,28-19+;;. The van der Waals surface area contributed by atoms with E-state index in [2.05, 4.69) is 44.2 Å². The molecule has 3 aromatic rings. The predicted molar refractivity (Wildman–Crippen MR) is 139 cm³/mol. The fraction of sp³-hybridized carbons (Fsp3) is 0.259. The minimum absolute atomic E-state index is 0.546. The Hall–Kier alpha value is -2.35. The number of hydrogen-bond acceptors (Lipinski definition) is 5. The molecule has 5 nitrogen and oxygen atoms in total. The summed E-state index contributed by atoms with van der Waals surface area (Å²) in [5.41, 5.74) is 6.99. The summed E-state index contributed by atoms with van der Waals surface area (Å²) in [7, 11) is 3.70. The Morgan fingerprint density at radius 2 is 1.71 bits per heavy atom. The average Bonchev–Trinajstić information content (AvgIpc) is 3.20. The van der Waals surface area contributed by atoms with Gasteiger partial charge in [-0.3, -0.25) is 10.0 Å². The number of aromatic nitrogens is 1. The molecule has 0 N–H and O–H groups in total. The molecule has 0 saturated carbocycles. The van der Waals surface area contributed by atoms with Crippen molar-refractivity contribution in [1.29, 1.82) is 0 Å². The van der Waals surface area contributed by atoms with Crippen LogP contribution in [-0.4, -0.2) is 36.2 Å². The summed E-state index contributed by atoms with van der Waals surface area (Å²) in [6.07, 6.45) is 1.88. The van der Waals surface area contributed by atoms with Crippen LogP contribution in [0.1, 0.15) is 42.0 Å². The van der Waals surface area contributed by atoms with E-state index >= 15 is 0 Å². The van der Waals surface area contributed by atoms with E-state index in [1.54, 1.807) is 7.05 Å². The Kier molecular flexibility index (Phi) is 11.6. The van der Waals surface area contributed by atoms with Gasteiger partial charge in [0, 0.05) is 42.5 Å². The Labute approximate surface area is 225 Å². The zero-order chi connectivity index (χ0) is 25.1. The molecule has 0 atom stereocenters. The Morgan fingerprint density at radius 1 is 1.12 bits per heavy atom. The van der Waals surface area contributed by atoms with E-state index in [4.69, 9.17) is 21.2 Å². The van der Waals surface area contributed by atoms with Crippen molar-refractivity contribution in [2.24, 2.45) is 10.1 Å². The molecule has 0 unspecified atom stereocenters. The van der Waals surface area contributed by atoms with Gasteiger partial charge < -0.3 is 4.52 Å². The van der Waals surface area contributed by atoms with Crippen molar-refractivity contribution in [3.05, 3.63) is 87.8 Å². The van der Waals surface area contributed by atoms with E-state index in [1.807, 2.05) is 69.4 Å². The first-order valence-electron chi connectivity index (χ1n) is 10.8. The van der Waals surface area contributed by atoms with Crippen molar-refractivity contribution in [2.75, 3.05) is 14.1 Å². The third-order valence-corrected chi connectivity index (χ3v) is 5.03. The third-order valence-electron chi connectivity index (χ3n) is 4.77. The summed E-state index contributed by atoms with van der Waals surface area (Å²) in [5.74, 6) is 0.784. The zero-order valence-electron chi connectivity index (χ0n) is 20.6. The second kappa shape index (κ2) is 14.1. The predicted octanol–water partition coefficient (Wildman–Crippen LogP) is 6.58. The van der Waals surface area contributed by atoms with Crippen LogP contribution >= 0.6 is 11.6 Å². The molecule has 0 fully saturated rings. The molecule has 0 radical (unpaired) electrons. The monoisotopic (exact) mass is 699 g/mol. The molecule has 1 aromatic heterocycles. The van der Waals surface area contributed by atoms with E-state index in [9.17, 15) is 0 Å². The van der Waals surface area contributed by atoms with E-state index in [0.717, 1.165) is 68.1 Å². The van der Waals surface area contributed by atoms with Crippen LogP contribution < -0.4 is 0 Å². The third kappa shape index (κ3) is 8.46. The van der Waals surface area contributed by atoms with Gasteiger partial charge >= 0.3 is 38.4 Å². The van der Waals surface area contributed by atoms with Gasteiger partial charge in [0.25, 0.3) is 0 Å². The summed E-state index contributed by atoms with van der Waals surface area (Å²) < 4.78 is 8.09. The van der Waals surface area contributed by atoms with Crippen LogP contribution in [0.3, 0.4) is 0 Å². The van der Waals surface area contributed by atoms with E-state index in [1.165, 1.54) is 5.56 Å². The van der Waals surface area contributed by atoms with Gasteiger partial charge in [0.1, 0.15) is 11.5 Å². The van der Waals surface area contributed by atoms with Crippen molar-refractivity contribution in [1.82, 2.24) is 10.2 Å². The van der Waals surface area contributed by atoms with Crippen molar-refractivity contribution < 1.29 is 33.2 Å². The Bertz CT molecular complexity index is 1200. The van der Waals surface area contributed by atoms with Gasteiger partial charge in [-0.15, -0.1) is 0 Å². The summed E-state index contributed by atoms with van der Waals surface area (Å²) in [6.45, 7) is 8.46. The van der Waals surface area contributed by atoms with Gasteiger partial charge in [-0.05, 0) is 44.0 Å². The second-order valence-corrected chi connectivity index (χ2v) is 10.2. The summed E-state index contributed by atoms with van der Waals surface area (Å²) in [5, 5.41) is 11.5. The first kappa shape index (κ1) is 27.9. The van der Waals surface area contributed by atoms with Crippen molar-refractivity contribution in [3.63, 3.8) is 0 Å². The number of benzene rings is 2. The van der Waals surface area contributed by atoms with Gasteiger partial charge in [-0.2, -0.15) is 5.10 Å². The van der Waals surface area contributed by atoms with E-state index in [-0.39, 0.29) is 0 Å². The average molecular weight is 700 g/mol. The molecule has 1 heterocycles. The number of halogens is 1. The summed E-state index contributed by atoms with van der Waals surface area (Å²) in [6, 6.07) is 18.1. The number of nitrogens with zero attached hydrogens (tertiary/aromatic N) is 4. The molecule has 0 amide bonds. The molecular weight excluding hydrogens is 670 g/mol. The van der Waals surface area contributed by atoms with Crippen LogP contribution in [0.5, 0.6) is 0 Å². The Balaban J connectivity index is 0.00000129.